The van der Waals surface area contributed by atoms with E-state index in [1.807, 2.05) is 0 Å². The fourth-order valence-corrected chi connectivity index (χ4v) is 2.32. The van der Waals surface area contributed by atoms with Crippen molar-refractivity contribution < 1.29 is 9.72 Å². The first-order valence-electron chi connectivity index (χ1n) is 5.42. The number of hydrogen-bond donors (Lipinski definition) is 1. The van der Waals surface area contributed by atoms with E-state index >= 15 is 0 Å². The molecule has 17 heavy (non-hydrogen) atoms. The zero-order chi connectivity index (χ0) is 12.5. The first-order chi connectivity index (χ1) is 8.07. The molecule has 1 aromatic rings. The number of pyridine rings is 1. The van der Waals surface area contributed by atoms with Gasteiger partial charge in [0.25, 0.3) is 5.54 Å². The van der Waals surface area contributed by atoms with Gasteiger partial charge in [-0.25, -0.2) is 0 Å². The Balaban J connectivity index is 2.47. The van der Waals surface area contributed by atoms with Gasteiger partial charge in [0.2, 0.25) is 5.91 Å². The lowest BCUT2D eigenvalue weighted by Crippen LogP contribution is -2.57. The van der Waals surface area contributed by atoms with Gasteiger partial charge in [-0.05, 0) is 19.1 Å². The van der Waals surface area contributed by atoms with Crippen LogP contribution >= 0.6 is 0 Å². The number of nitro groups is 1. The lowest BCUT2D eigenvalue weighted by Gasteiger charge is -2.35. The highest BCUT2D eigenvalue weighted by atomic mass is 16.6. The molecule has 1 fully saturated rings. The molecule has 0 radical (unpaired) electrons. The zero-order valence-electron chi connectivity index (χ0n) is 9.42. The molecule has 1 aliphatic rings. The van der Waals surface area contributed by atoms with Crippen molar-refractivity contribution >= 4 is 5.91 Å². The average Bonchev–Trinajstić information content (AvgIpc) is 2.30. The van der Waals surface area contributed by atoms with E-state index < -0.39 is 11.6 Å². The molecule has 2 rings (SSSR count). The number of aromatic nitrogens is 1. The third-order valence-electron chi connectivity index (χ3n) is 3.31. The molecule has 1 amide bonds. The molecule has 2 unspecified atom stereocenters. The summed E-state index contributed by atoms with van der Waals surface area (Å²) in [6, 6.07) is 2.82. The van der Waals surface area contributed by atoms with Crippen molar-refractivity contribution in [2.45, 2.75) is 31.3 Å². The molecule has 1 aliphatic heterocycles. The monoisotopic (exact) mass is 235 g/mol. The van der Waals surface area contributed by atoms with Crippen LogP contribution in [0.5, 0.6) is 0 Å². The lowest BCUT2D eigenvalue weighted by atomic mass is 9.78. The Bertz CT molecular complexity index is 449. The minimum atomic E-state index is -1.26. The van der Waals surface area contributed by atoms with Crippen LogP contribution in [-0.4, -0.2) is 21.9 Å². The summed E-state index contributed by atoms with van der Waals surface area (Å²) in [5.41, 5.74) is -0.722. The molecule has 6 heteroatoms. The van der Waals surface area contributed by atoms with E-state index in [2.05, 4.69) is 10.3 Å². The summed E-state index contributed by atoms with van der Waals surface area (Å²) in [6.07, 6.45) is 3.44. The number of piperidine rings is 1. The minimum absolute atomic E-state index is 0.140. The van der Waals surface area contributed by atoms with Crippen molar-refractivity contribution in [1.82, 2.24) is 10.3 Å². The van der Waals surface area contributed by atoms with Gasteiger partial charge in [-0.3, -0.25) is 19.9 Å². The number of carbonyl (C=O) groups excluding carboxylic acids is 1. The molecular formula is C11H13N3O3. The standard InChI is InChI=1S/C11H13N3O3/c1-8-11(14(16)17,5-4-10(15)13-8)9-3-2-6-12-7-9/h2-3,6-8H,4-5H2,1H3,(H,13,15). The predicted molar refractivity (Wildman–Crippen MR) is 59.7 cm³/mol. The molecule has 90 valence electrons. The largest absolute Gasteiger partial charge is 0.346 e. The highest BCUT2D eigenvalue weighted by Crippen LogP contribution is 2.35. The van der Waals surface area contributed by atoms with Crippen molar-refractivity contribution in [2.24, 2.45) is 0 Å². The van der Waals surface area contributed by atoms with Gasteiger partial charge >= 0.3 is 0 Å². The summed E-state index contributed by atoms with van der Waals surface area (Å²) < 4.78 is 0. The van der Waals surface area contributed by atoms with Crippen molar-refractivity contribution in [3.8, 4) is 0 Å². The first-order valence-corrected chi connectivity index (χ1v) is 5.42. The van der Waals surface area contributed by atoms with Gasteiger partial charge < -0.3 is 5.32 Å². The maximum Gasteiger partial charge on any atom is 0.268 e. The van der Waals surface area contributed by atoms with E-state index in [0.717, 1.165) is 0 Å². The smallest absolute Gasteiger partial charge is 0.268 e. The number of carbonyl (C=O) groups is 1. The Morgan fingerprint density at radius 1 is 1.65 bits per heavy atom. The number of nitrogens with zero attached hydrogens (tertiary/aromatic N) is 2. The molecule has 0 bridgehead atoms. The van der Waals surface area contributed by atoms with Gasteiger partial charge in [0, 0.05) is 35.7 Å². The average molecular weight is 235 g/mol. The van der Waals surface area contributed by atoms with E-state index in [4.69, 9.17) is 0 Å². The summed E-state index contributed by atoms with van der Waals surface area (Å²) in [7, 11) is 0. The van der Waals surface area contributed by atoms with Crippen molar-refractivity contribution in [3.05, 3.63) is 40.2 Å². The van der Waals surface area contributed by atoms with Crippen LogP contribution in [0.2, 0.25) is 0 Å². The lowest BCUT2D eigenvalue weighted by molar-refractivity contribution is -0.586. The van der Waals surface area contributed by atoms with Crippen molar-refractivity contribution in [3.63, 3.8) is 0 Å². The molecule has 0 saturated carbocycles. The second-order valence-corrected chi connectivity index (χ2v) is 4.21. The van der Waals surface area contributed by atoms with Crippen LogP contribution in [0.25, 0.3) is 0 Å². The first kappa shape index (κ1) is 11.5. The predicted octanol–water partition coefficient (Wildman–Crippen LogP) is 0.852. The molecule has 0 aromatic carbocycles. The van der Waals surface area contributed by atoms with Gasteiger partial charge in [-0.1, -0.05) is 0 Å². The molecule has 2 heterocycles. The molecule has 1 N–H and O–H groups in total. The Kier molecular flexibility index (Phi) is 2.79. The molecule has 2 atom stereocenters. The Hall–Kier alpha value is -1.98. The normalized spacial score (nSPS) is 28.5. The summed E-state index contributed by atoms with van der Waals surface area (Å²) in [5, 5.41) is 14.1. The molecule has 1 aromatic heterocycles. The Labute approximate surface area is 98.2 Å². The highest BCUT2D eigenvalue weighted by molar-refractivity contribution is 5.77. The Morgan fingerprint density at radius 3 is 2.94 bits per heavy atom. The van der Waals surface area contributed by atoms with Crippen LogP contribution in [0, 0.1) is 10.1 Å². The van der Waals surface area contributed by atoms with Gasteiger partial charge in [0.15, 0.2) is 0 Å². The Morgan fingerprint density at radius 2 is 2.41 bits per heavy atom. The van der Waals surface area contributed by atoms with Gasteiger partial charge in [0.1, 0.15) is 6.04 Å². The fourth-order valence-electron chi connectivity index (χ4n) is 2.32. The number of amides is 1. The number of nitrogens with one attached hydrogen (secondary N) is 1. The molecule has 6 nitrogen and oxygen atoms in total. The number of rotatable bonds is 2. The highest BCUT2D eigenvalue weighted by Gasteiger charge is 2.53. The molecule has 0 spiro atoms. The summed E-state index contributed by atoms with van der Waals surface area (Å²) >= 11 is 0. The third kappa shape index (κ3) is 1.75. The van der Waals surface area contributed by atoms with E-state index in [1.54, 1.807) is 25.3 Å². The quantitative estimate of drug-likeness (QED) is 0.608. The van der Waals surface area contributed by atoms with Crippen molar-refractivity contribution in [2.75, 3.05) is 0 Å². The van der Waals surface area contributed by atoms with Crippen LogP contribution in [0.1, 0.15) is 25.3 Å². The second-order valence-electron chi connectivity index (χ2n) is 4.21. The van der Waals surface area contributed by atoms with E-state index in [-0.39, 0.29) is 23.7 Å². The molecule has 0 aliphatic carbocycles. The summed E-state index contributed by atoms with van der Waals surface area (Å²) in [5.74, 6) is -0.140. The van der Waals surface area contributed by atoms with Crippen LogP contribution in [0.15, 0.2) is 24.5 Å². The summed E-state index contributed by atoms with van der Waals surface area (Å²) in [6.45, 7) is 1.66. The zero-order valence-corrected chi connectivity index (χ0v) is 9.42. The minimum Gasteiger partial charge on any atom is -0.346 e. The topological polar surface area (TPSA) is 85.1 Å². The third-order valence-corrected chi connectivity index (χ3v) is 3.31. The van der Waals surface area contributed by atoms with Gasteiger partial charge in [-0.2, -0.15) is 0 Å². The summed E-state index contributed by atoms with van der Waals surface area (Å²) in [4.78, 5) is 26.3. The van der Waals surface area contributed by atoms with Crippen LogP contribution in [0.3, 0.4) is 0 Å². The van der Waals surface area contributed by atoms with E-state index in [0.29, 0.717) is 5.56 Å². The van der Waals surface area contributed by atoms with Crippen LogP contribution in [-0.2, 0) is 10.3 Å². The van der Waals surface area contributed by atoms with Gasteiger partial charge in [0.05, 0.1) is 0 Å². The van der Waals surface area contributed by atoms with Crippen LogP contribution in [0.4, 0.5) is 0 Å². The van der Waals surface area contributed by atoms with E-state index in [9.17, 15) is 14.9 Å². The van der Waals surface area contributed by atoms with Gasteiger partial charge in [-0.15, -0.1) is 0 Å². The maximum absolute atomic E-state index is 11.4. The van der Waals surface area contributed by atoms with Crippen LogP contribution < -0.4 is 5.32 Å². The van der Waals surface area contributed by atoms with Crippen molar-refractivity contribution in [1.29, 1.82) is 0 Å². The second kappa shape index (κ2) is 4.12. The number of hydrogen-bond acceptors (Lipinski definition) is 4. The van der Waals surface area contributed by atoms with E-state index in [1.165, 1.54) is 6.20 Å². The molecule has 1 saturated heterocycles. The SMILES string of the molecule is CC1NC(=O)CCC1(c1cccnc1)[N+](=O)[O-]. The molecular weight excluding hydrogens is 222 g/mol. The fraction of sp³-hybridized carbons (Fsp3) is 0.455. The maximum atomic E-state index is 11.4.